The summed E-state index contributed by atoms with van der Waals surface area (Å²) in [5.41, 5.74) is 5.89. The van der Waals surface area contributed by atoms with Crippen molar-refractivity contribution in [1.29, 1.82) is 0 Å². The Balaban J connectivity index is 2.29. The molecule has 2 aromatic rings. The van der Waals surface area contributed by atoms with Crippen molar-refractivity contribution in [3.8, 4) is 16.9 Å². The van der Waals surface area contributed by atoms with Gasteiger partial charge in [-0.05, 0) is 30.2 Å². The van der Waals surface area contributed by atoms with Gasteiger partial charge in [-0.3, -0.25) is 0 Å². The van der Waals surface area contributed by atoms with E-state index < -0.39 is 11.6 Å². The van der Waals surface area contributed by atoms with Crippen molar-refractivity contribution in [3.05, 3.63) is 48.0 Å². The molecular weight excluding hydrogens is 248 g/mol. The third-order valence-electron chi connectivity index (χ3n) is 2.72. The number of nitrogen functional groups attached to an aromatic ring is 1. The lowest BCUT2D eigenvalue weighted by atomic mass is 10.0. The molecule has 19 heavy (non-hydrogen) atoms. The summed E-state index contributed by atoms with van der Waals surface area (Å²) in [6.07, 6.45) is 0.916. The van der Waals surface area contributed by atoms with Crippen molar-refractivity contribution in [2.75, 3.05) is 12.3 Å². The average molecular weight is 263 g/mol. The Bertz CT molecular complexity index is 567. The Labute approximate surface area is 110 Å². The number of hydrogen-bond donors (Lipinski definition) is 1. The first-order valence-electron chi connectivity index (χ1n) is 6.09. The minimum Gasteiger partial charge on any atom is -0.494 e. The van der Waals surface area contributed by atoms with Crippen LogP contribution in [0.25, 0.3) is 11.1 Å². The van der Waals surface area contributed by atoms with Crippen molar-refractivity contribution < 1.29 is 13.5 Å². The molecule has 0 aliphatic heterocycles. The second-order valence-electron chi connectivity index (χ2n) is 4.23. The SMILES string of the molecule is CCCOc1ccc(-c2cc(F)c(N)cc2F)cc1. The van der Waals surface area contributed by atoms with E-state index in [4.69, 9.17) is 10.5 Å². The Morgan fingerprint density at radius 2 is 1.74 bits per heavy atom. The van der Waals surface area contributed by atoms with Gasteiger partial charge in [-0.1, -0.05) is 19.1 Å². The lowest BCUT2D eigenvalue weighted by Gasteiger charge is -2.08. The first-order valence-corrected chi connectivity index (χ1v) is 6.09. The van der Waals surface area contributed by atoms with Crippen molar-refractivity contribution in [1.82, 2.24) is 0 Å². The highest BCUT2D eigenvalue weighted by Gasteiger charge is 2.09. The summed E-state index contributed by atoms with van der Waals surface area (Å²) in [6, 6.07) is 8.95. The normalized spacial score (nSPS) is 10.5. The zero-order valence-corrected chi connectivity index (χ0v) is 10.6. The van der Waals surface area contributed by atoms with Gasteiger partial charge in [-0.2, -0.15) is 0 Å². The number of benzene rings is 2. The van der Waals surface area contributed by atoms with Crippen LogP contribution in [-0.4, -0.2) is 6.61 Å². The summed E-state index contributed by atoms with van der Waals surface area (Å²) >= 11 is 0. The summed E-state index contributed by atoms with van der Waals surface area (Å²) < 4.78 is 32.5. The van der Waals surface area contributed by atoms with E-state index in [9.17, 15) is 8.78 Å². The van der Waals surface area contributed by atoms with Gasteiger partial charge >= 0.3 is 0 Å². The van der Waals surface area contributed by atoms with E-state index in [1.807, 2.05) is 6.92 Å². The Morgan fingerprint density at radius 3 is 2.37 bits per heavy atom. The van der Waals surface area contributed by atoms with Crippen molar-refractivity contribution in [2.24, 2.45) is 0 Å². The van der Waals surface area contributed by atoms with Crippen molar-refractivity contribution in [2.45, 2.75) is 13.3 Å². The van der Waals surface area contributed by atoms with E-state index in [-0.39, 0.29) is 11.3 Å². The molecule has 0 saturated heterocycles. The summed E-state index contributed by atoms with van der Waals surface area (Å²) in [6.45, 7) is 2.64. The fraction of sp³-hybridized carbons (Fsp3) is 0.200. The molecule has 0 unspecified atom stereocenters. The van der Waals surface area contributed by atoms with Crippen LogP contribution in [0.4, 0.5) is 14.5 Å². The molecule has 0 fully saturated rings. The standard InChI is InChI=1S/C15H15F2NO/c1-2-7-19-11-5-3-10(4-6-11)12-8-14(17)15(18)9-13(12)16/h3-6,8-9H,2,7,18H2,1H3. The van der Waals surface area contributed by atoms with Gasteiger partial charge in [-0.15, -0.1) is 0 Å². The van der Waals surface area contributed by atoms with Crippen LogP contribution in [0.15, 0.2) is 36.4 Å². The van der Waals surface area contributed by atoms with Gasteiger partial charge in [0.15, 0.2) is 0 Å². The second-order valence-corrected chi connectivity index (χ2v) is 4.23. The van der Waals surface area contributed by atoms with Gasteiger partial charge in [0.2, 0.25) is 0 Å². The van der Waals surface area contributed by atoms with E-state index >= 15 is 0 Å². The minimum absolute atomic E-state index is 0.189. The predicted molar refractivity (Wildman–Crippen MR) is 72.0 cm³/mol. The summed E-state index contributed by atoms with van der Waals surface area (Å²) in [5.74, 6) is -0.453. The fourth-order valence-corrected chi connectivity index (χ4v) is 1.73. The molecule has 0 aliphatic rings. The predicted octanol–water partition coefficient (Wildman–Crippen LogP) is 4.00. The number of halogens is 2. The van der Waals surface area contributed by atoms with Crippen LogP contribution in [0.2, 0.25) is 0 Å². The van der Waals surface area contributed by atoms with Crippen molar-refractivity contribution >= 4 is 5.69 Å². The molecule has 0 heterocycles. The van der Waals surface area contributed by atoms with Crippen LogP contribution >= 0.6 is 0 Å². The topological polar surface area (TPSA) is 35.2 Å². The quantitative estimate of drug-likeness (QED) is 0.846. The van der Waals surface area contributed by atoms with E-state index in [0.29, 0.717) is 17.9 Å². The van der Waals surface area contributed by atoms with Gasteiger partial charge in [-0.25, -0.2) is 8.78 Å². The first kappa shape index (κ1) is 13.3. The Hall–Kier alpha value is -2.10. The smallest absolute Gasteiger partial charge is 0.146 e. The summed E-state index contributed by atoms with van der Waals surface area (Å²) in [4.78, 5) is 0. The highest BCUT2D eigenvalue weighted by atomic mass is 19.1. The maximum absolute atomic E-state index is 13.7. The van der Waals surface area contributed by atoms with E-state index in [1.54, 1.807) is 24.3 Å². The molecule has 0 amide bonds. The maximum Gasteiger partial charge on any atom is 0.146 e. The molecule has 0 aromatic heterocycles. The number of anilines is 1. The zero-order chi connectivity index (χ0) is 13.8. The van der Waals surface area contributed by atoms with Crippen LogP contribution < -0.4 is 10.5 Å². The third kappa shape index (κ3) is 3.02. The molecule has 0 bridgehead atoms. The maximum atomic E-state index is 13.7. The number of rotatable bonds is 4. The molecule has 2 nitrogen and oxygen atoms in total. The molecule has 2 rings (SSSR count). The first-order chi connectivity index (χ1) is 9.11. The van der Waals surface area contributed by atoms with Crippen LogP contribution in [0.5, 0.6) is 5.75 Å². The fourth-order valence-electron chi connectivity index (χ4n) is 1.73. The van der Waals surface area contributed by atoms with Gasteiger partial charge in [0.1, 0.15) is 17.4 Å². The van der Waals surface area contributed by atoms with Crippen LogP contribution in [-0.2, 0) is 0 Å². The Kier molecular flexibility index (Phi) is 4.00. The lowest BCUT2D eigenvalue weighted by molar-refractivity contribution is 0.317. The van der Waals surface area contributed by atoms with Crippen molar-refractivity contribution in [3.63, 3.8) is 0 Å². The zero-order valence-electron chi connectivity index (χ0n) is 10.6. The minimum atomic E-state index is -0.622. The van der Waals surface area contributed by atoms with E-state index in [1.165, 1.54) is 0 Å². The number of nitrogens with two attached hydrogens (primary N) is 1. The second kappa shape index (κ2) is 5.69. The van der Waals surface area contributed by atoms with Gasteiger partial charge in [0.05, 0.1) is 12.3 Å². The monoisotopic (exact) mass is 263 g/mol. The lowest BCUT2D eigenvalue weighted by Crippen LogP contribution is -1.96. The largest absolute Gasteiger partial charge is 0.494 e. The van der Waals surface area contributed by atoms with Crippen LogP contribution in [0.1, 0.15) is 13.3 Å². The average Bonchev–Trinajstić information content (AvgIpc) is 2.41. The van der Waals surface area contributed by atoms with Gasteiger partial charge < -0.3 is 10.5 Å². The molecule has 100 valence electrons. The van der Waals surface area contributed by atoms with Gasteiger partial charge in [0.25, 0.3) is 0 Å². The molecule has 0 atom stereocenters. The molecule has 0 saturated carbocycles. The molecule has 0 radical (unpaired) electrons. The molecule has 0 aliphatic carbocycles. The van der Waals surface area contributed by atoms with E-state index in [2.05, 4.69) is 0 Å². The molecule has 2 aromatic carbocycles. The van der Waals surface area contributed by atoms with E-state index in [0.717, 1.165) is 18.6 Å². The number of ether oxygens (including phenoxy) is 1. The third-order valence-corrected chi connectivity index (χ3v) is 2.72. The van der Waals surface area contributed by atoms with Crippen LogP contribution in [0.3, 0.4) is 0 Å². The molecule has 0 spiro atoms. The van der Waals surface area contributed by atoms with Crippen LogP contribution in [0, 0.1) is 11.6 Å². The van der Waals surface area contributed by atoms with Gasteiger partial charge in [0, 0.05) is 11.6 Å². The molecular formula is C15H15F2NO. The molecule has 2 N–H and O–H groups in total. The summed E-state index contributed by atoms with van der Waals surface area (Å²) in [7, 11) is 0. The highest BCUT2D eigenvalue weighted by molar-refractivity contribution is 5.67. The highest BCUT2D eigenvalue weighted by Crippen LogP contribution is 2.28. The Morgan fingerprint density at radius 1 is 1.05 bits per heavy atom. The molecule has 4 heteroatoms. The number of hydrogen-bond acceptors (Lipinski definition) is 2. The summed E-state index contributed by atoms with van der Waals surface area (Å²) in [5, 5.41) is 0.